The Morgan fingerprint density at radius 2 is 0.900 bits per heavy atom. The fourth-order valence-corrected chi connectivity index (χ4v) is 0.957. The van der Waals surface area contributed by atoms with Crippen LogP contribution in [0.5, 0.6) is 0 Å². The molecule has 0 saturated carbocycles. The van der Waals surface area contributed by atoms with Gasteiger partial charge in [0.15, 0.2) is 0 Å². The summed E-state index contributed by atoms with van der Waals surface area (Å²) in [6.07, 6.45) is 2.54. The molecule has 0 heterocycles. The molecule has 0 rings (SSSR count). The quantitative estimate of drug-likeness (QED) is 0.561. The smallest absolute Gasteiger partial charge is 0.0306 e. The minimum absolute atomic E-state index is 0.488. The highest BCUT2D eigenvalue weighted by Gasteiger charge is 2.33. The molecule has 62 valence electrons. The number of hydrogen-bond acceptors (Lipinski definition) is 0. The maximum absolute atomic E-state index is 2.36. The van der Waals surface area contributed by atoms with Gasteiger partial charge in [-0.3, -0.25) is 0 Å². The summed E-state index contributed by atoms with van der Waals surface area (Å²) in [5.74, 6) is 0. The van der Waals surface area contributed by atoms with Crippen molar-refractivity contribution in [1.29, 1.82) is 0 Å². The molecule has 10 heavy (non-hydrogen) atoms. The highest BCUT2D eigenvalue weighted by Crippen LogP contribution is 2.43. The van der Waals surface area contributed by atoms with Crippen LogP contribution < -0.4 is 0 Å². The molecule has 0 aromatic carbocycles. The van der Waals surface area contributed by atoms with Crippen molar-refractivity contribution in [2.45, 2.75) is 54.4 Å². The van der Waals surface area contributed by atoms with Gasteiger partial charge in [0.05, 0.1) is 0 Å². The Balaban J connectivity index is 4.28. The van der Waals surface area contributed by atoms with E-state index in [-0.39, 0.29) is 0 Å². The molecule has 0 saturated heterocycles. The molecule has 0 atom stereocenters. The van der Waals surface area contributed by atoms with Gasteiger partial charge >= 0.3 is 0 Å². The Morgan fingerprint density at radius 3 is 1.00 bits per heavy atom. The summed E-state index contributed by atoms with van der Waals surface area (Å²) in [5.41, 5.74) is 0.976. The van der Waals surface area contributed by atoms with Gasteiger partial charge < -0.3 is 0 Å². The molecule has 0 aliphatic carbocycles. The van der Waals surface area contributed by atoms with Gasteiger partial charge in [-0.2, -0.15) is 0 Å². The summed E-state index contributed by atoms with van der Waals surface area (Å²) in [6.45, 7) is 14.0. The van der Waals surface area contributed by atoms with E-state index in [0.717, 1.165) is 0 Å². The Kier molecular flexibility index (Phi) is 2.94. The minimum atomic E-state index is 0.488. The van der Waals surface area contributed by atoms with E-state index in [1.807, 2.05) is 0 Å². The molecule has 0 aromatic rings. The Bertz CT molecular complexity index is 84.6. The Hall–Kier alpha value is 0. The summed E-state index contributed by atoms with van der Waals surface area (Å²) in [6, 6.07) is 0. The second-order valence-corrected chi connectivity index (χ2v) is 4.47. The van der Waals surface area contributed by atoms with E-state index in [0.29, 0.717) is 10.8 Å². The van der Waals surface area contributed by atoms with E-state index in [9.17, 15) is 0 Å². The maximum atomic E-state index is 2.36. The van der Waals surface area contributed by atoms with E-state index < -0.39 is 0 Å². The van der Waals surface area contributed by atoms with Gasteiger partial charge in [0, 0.05) is 0 Å². The van der Waals surface area contributed by atoms with E-state index in [2.05, 4.69) is 41.5 Å². The fourth-order valence-electron chi connectivity index (χ4n) is 0.957. The van der Waals surface area contributed by atoms with E-state index >= 15 is 0 Å². The lowest BCUT2D eigenvalue weighted by Gasteiger charge is -2.40. The number of rotatable bonds is 3. The Morgan fingerprint density at radius 1 is 0.700 bits per heavy atom. The molecular weight excluding hydrogens is 120 g/mol. The van der Waals surface area contributed by atoms with E-state index in [4.69, 9.17) is 0 Å². The van der Waals surface area contributed by atoms with Crippen molar-refractivity contribution >= 4 is 0 Å². The largest absolute Gasteiger partial charge is 0.0649 e. The van der Waals surface area contributed by atoms with Crippen molar-refractivity contribution in [1.82, 2.24) is 0 Å². The first kappa shape index (κ1) is 10.0. The average molecular weight is 142 g/mol. The second-order valence-electron chi connectivity index (χ2n) is 4.47. The molecule has 0 aromatic heterocycles. The summed E-state index contributed by atoms with van der Waals surface area (Å²) >= 11 is 0. The van der Waals surface area contributed by atoms with Gasteiger partial charge in [-0.1, -0.05) is 54.4 Å². The van der Waals surface area contributed by atoms with Crippen LogP contribution in [0.1, 0.15) is 54.4 Å². The molecular formula is C10H22. The van der Waals surface area contributed by atoms with Crippen LogP contribution in [0.4, 0.5) is 0 Å². The molecule has 0 radical (unpaired) electrons. The van der Waals surface area contributed by atoms with Crippen molar-refractivity contribution in [3.63, 3.8) is 0 Å². The van der Waals surface area contributed by atoms with Crippen LogP contribution in [0.2, 0.25) is 0 Å². The molecule has 0 N–H and O–H groups in total. The summed E-state index contributed by atoms with van der Waals surface area (Å²) in [5, 5.41) is 0. The zero-order valence-corrected chi connectivity index (χ0v) is 8.41. The first-order valence-electron chi connectivity index (χ1n) is 4.37. The first-order valence-corrected chi connectivity index (χ1v) is 4.37. The third-order valence-corrected chi connectivity index (χ3v) is 3.60. The highest BCUT2D eigenvalue weighted by atomic mass is 14.4. The van der Waals surface area contributed by atoms with Gasteiger partial charge in [-0.15, -0.1) is 0 Å². The lowest BCUT2D eigenvalue weighted by Crippen LogP contribution is -2.30. The topological polar surface area (TPSA) is 0 Å². The average Bonchev–Trinajstić information content (AvgIpc) is 1.88. The zero-order chi connectivity index (χ0) is 8.41. The molecule has 0 fully saturated rings. The third-order valence-electron chi connectivity index (χ3n) is 3.60. The molecule has 0 nitrogen and oxygen atoms in total. The van der Waals surface area contributed by atoms with Crippen molar-refractivity contribution in [3.8, 4) is 0 Å². The molecule has 0 bridgehead atoms. The van der Waals surface area contributed by atoms with E-state index in [1.165, 1.54) is 12.8 Å². The molecule has 0 aliphatic rings. The first-order chi connectivity index (χ1) is 4.37. The zero-order valence-electron chi connectivity index (χ0n) is 8.41. The monoisotopic (exact) mass is 142 g/mol. The van der Waals surface area contributed by atoms with Gasteiger partial charge in [0.1, 0.15) is 0 Å². The van der Waals surface area contributed by atoms with Crippen LogP contribution in [0.3, 0.4) is 0 Å². The number of hydrogen-bond donors (Lipinski definition) is 0. The van der Waals surface area contributed by atoms with Crippen LogP contribution in [0.25, 0.3) is 0 Å². The fraction of sp³-hybridized carbons (Fsp3) is 1.00. The van der Waals surface area contributed by atoms with Crippen molar-refractivity contribution < 1.29 is 0 Å². The molecule has 0 amide bonds. The predicted octanol–water partition coefficient (Wildman–Crippen LogP) is 3.86. The third kappa shape index (κ3) is 1.74. The minimum Gasteiger partial charge on any atom is -0.0649 e. The summed E-state index contributed by atoms with van der Waals surface area (Å²) in [7, 11) is 0. The van der Waals surface area contributed by atoms with Gasteiger partial charge in [-0.05, 0) is 10.8 Å². The van der Waals surface area contributed by atoms with E-state index in [1.54, 1.807) is 0 Å². The standard InChI is InChI=1S/C10H22/c1-7-9(3,4)10(5,6)8-2/h7-8H2,1-6H3. The van der Waals surface area contributed by atoms with Crippen LogP contribution >= 0.6 is 0 Å². The lowest BCUT2D eigenvalue weighted by molar-refractivity contribution is 0.0998. The summed E-state index contributed by atoms with van der Waals surface area (Å²) < 4.78 is 0. The predicted molar refractivity (Wildman–Crippen MR) is 48.1 cm³/mol. The second kappa shape index (κ2) is 2.94. The Labute approximate surface area is 66.0 Å². The van der Waals surface area contributed by atoms with Gasteiger partial charge in [-0.25, -0.2) is 0 Å². The van der Waals surface area contributed by atoms with Crippen molar-refractivity contribution in [2.24, 2.45) is 10.8 Å². The molecule has 0 aliphatic heterocycles. The SMILES string of the molecule is CCC(C)(C)C(C)(C)CC. The molecule has 0 heteroatoms. The normalized spacial score (nSPS) is 13.8. The van der Waals surface area contributed by atoms with Crippen molar-refractivity contribution in [2.75, 3.05) is 0 Å². The van der Waals surface area contributed by atoms with Crippen LogP contribution in [-0.4, -0.2) is 0 Å². The van der Waals surface area contributed by atoms with Gasteiger partial charge in [0.2, 0.25) is 0 Å². The van der Waals surface area contributed by atoms with Gasteiger partial charge in [0.25, 0.3) is 0 Å². The van der Waals surface area contributed by atoms with Crippen LogP contribution in [0, 0.1) is 10.8 Å². The van der Waals surface area contributed by atoms with Crippen LogP contribution in [-0.2, 0) is 0 Å². The van der Waals surface area contributed by atoms with Crippen molar-refractivity contribution in [3.05, 3.63) is 0 Å². The lowest BCUT2D eigenvalue weighted by atomic mass is 9.65. The highest BCUT2D eigenvalue weighted by molar-refractivity contribution is 4.83. The molecule has 0 unspecified atom stereocenters. The van der Waals surface area contributed by atoms with Crippen LogP contribution in [0.15, 0.2) is 0 Å². The molecule has 0 spiro atoms. The maximum Gasteiger partial charge on any atom is -0.0306 e. The summed E-state index contributed by atoms with van der Waals surface area (Å²) in [4.78, 5) is 0.